The molecule has 17 heavy (non-hydrogen) atoms. The first-order valence-electron chi connectivity index (χ1n) is 6.53. The maximum Gasteiger partial charge on any atom is 0.0651 e. The molecule has 0 aliphatic heterocycles. The Bertz CT molecular complexity index is 352. The van der Waals surface area contributed by atoms with Gasteiger partial charge in [-0.3, -0.25) is 0 Å². The van der Waals surface area contributed by atoms with Crippen molar-refractivity contribution >= 4 is 0 Å². The lowest BCUT2D eigenvalue weighted by Gasteiger charge is -2.26. The molecular weight excluding hydrogens is 208 g/mol. The summed E-state index contributed by atoms with van der Waals surface area (Å²) in [6.45, 7) is 11.0. The third-order valence-corrected chi connectivity index (χ3v) is 4.17. The molecule has 0 aromatic heterocycles. The van der Waals surface area contributed by atoms with Gasteiger partial charge in [0.25, 0.3) is 0 Å². The number of hydrogen-bond donors (Lipinski definition) is 0. The fourth-order valence-electron chi connectivity index (χ4n) is 2.10. The summed E-state index contributed by atoms with van der Waals surface area (Å²) in [7, 11) is 1.81. The Morgan fingerprint density at radius 2 is 1.65 bits per heavy atom. The Hall–Kier alpha value is -0.820. The monoisotopic (exact) mass is 234 g/mol. The highest BCUT2D eigenvalue weighted by Gasteiger charge is 2.20. The van der Waals surface area contributed by atoms with Crippen molar-refractivity contribution in [1.82, 2.24) is 0 Å². The minimum atomic E-state index is 0.0205. The molecular formula is C16H26O. The minimum Gasteiger partial charge on any atom is -0.379 e. The highest BCUT2D eigenvalue weighted by molar-refractivity contribution is 5.36. The quantitative estimate of drug-likeness (QED) is 0.735. The summed E-state index contributed by atoms with van der Waals surface area (Å²) in [5.74, 6) is 0. The summed E-state index contributed by atoms with van der Waals surface area (Å²) in [4.78, 5) is 0. The van der Waals surface area contributed by atoms with Crippen LogP contribution in [-0.2, 0) is 11.2 Å². The van der Waals surface area contributed by atoms with Gasteiger partial charge in [0.1, 0.15) is 0 Å². The van der Waals surface area contributed by atoms with E-state index >= 15 is 0 Å². The van der Waals surface area contributed by atoms with Crippen LogP contribution in [0.4, 0.5) is 0 Å². The van der Waals surface area contributed by atoms with Gasteiger partial charge in [0, 0.05) is 7.11 Å². The van der Waals surface area contributed by atoms with Crippen molar-refractivity contribution < 1.29 is 4.74 Å². The van der Waals surface area contributed by atoms with Crippen LogP contribution in [0.1, 0.15) is 48.9 Å². The number of aryl methyl sites for hydroxylation is 3. The van der Waals surface area contributed by atoms with Crippen molar-refractivity contribution in [2.75, 3.05) is 7.11 Å². The Morgan fingerprint density at radius 3 is 2.06 bits per heavy atom. The number of hydrogen-bond acceptors (Lipinski definition) is 1. The number of benzene rings is 1. The van der Waals surface area contributed by atoms with Crippen molar-refractivity contribution in [1.29, 1.82) is 0 Å². The van der Waals surface area contributed by atoms with Crippen molar-refractivity contribution in [3.63, 3.8) is 0 Å². The van der Waals surface area contributed by atoms with Gasteiger partial charge in [-0.05, 0) is 69.2 Å². The van der Waals surface area contributed by atoms with Crippen LogP contribution < -0.4 is 0 Å². The summed E-state index contributed by atoms with van der Waals surface area (Å²) in [6.07, 6.45) is 3.25. The second-order valence-corrected chi connectivity index (χ2v) is 5.36. The lowest BCUT2D eigenvalue weighted by Crippen LogP contribution is -2.26. The predicted octanol–water partition coefficient (Wildman–Crippen LogP) is 4.36. The second kappa shape index (κ2) is 5.68. The first kappa shape index (κ1) is 14.2. The van der Waals surface area contributed by atoms with Crippen LogP contribution >= 0.6 is 0 Å². The lowest BCUT2D eigenvalue weighted by molar-refractivity contribution is -0.00394. The fraction of sp³-hybridized carbons (Fsp3) is 0.625. The van der Waals surface area contributed by atoms with E-state index in [1.165, 1.54) is 22.3 Å². The highest BCUT2D eigenvalue weighted by atomic mass is 16.5. The van der Waals surface area contributed by atoms with E-state index in [0.29, 0.717) is 0 Å². The normalized spacial score (nSPS) is 14.7. The van der Waals surface area contributed by atoms with Gasteiger partial charge in [0.2, 0.25) is 0 Å². The topological polar surface area (TPSA) is 9.23 Å². The average molecular weight is 234 g/mol. The van der Waals surface area contributed by atoms with Gasteiger partial charge in [-0.15, -0.1) is 0 Å². The van der Waals surface area contributed by atoms with Gasteiger partial charge in [-0.2, -0.15) is 0 Å². The largest absolute Gasteiger partial charge is 0.379 e. The minimum absolute atomic E-state index is 0.0205. The summed E-state index contributed by atoms with van der Waals surface area (Å²) in [6, 6.07) is 4.63. The third kappa shape index (κ3) is 3.57. The molecule has 1 aromatic carbocycles. The van der Waals surface area contributed by atoms with Crippen LogP contribution in [0.15, 0.2) is 12.1 Å². The van der Waals surface area contributed by atoms with Gasteiger partial charge in [0.15, 0.2) is 0 Å². The third-order valence-electron chi connectivity index (χ3n) is 4.17. The zero-order chi connectivity index (χ0) is 13.1. The first-order chi connectivity index (χ1) is 7.91. The van der Waals surface area contributed by atoms with Gasteiger partial charge >= 0.3 is 0 Å². The van der Waals surface area contributed by atoms with Crippen LogP contribution in [0.5, 0.6) is 0 Å². The molecule has 0 amide bonds. The van der Waals surface area contributed by atoms with Crippen LogP contribution in [0.2, 0.25) is 0 Å². The lowest BCUT2D eigenvalue weighted by atomic mass is 9.92. The van der Waals surface area contributed by atoms with Crippen molar-refractivity contribution in [2.24, 2.45) is 0 Å². The summed E-state index contributed by atoms with van der Waals surface area (Å²) >= 11 is 0. The van der Waals surface area contributed by atoms with Crippen LogP contribution in [0, 0.1) is 20.8 Å². The fourth-order valence-corrected chi connectivity index (χ4v) is 2.10. The van der Waals surface area contributed by atoms with E-state index in [1.807, 2.05) is 7.11 Å². The molecule has 1 aromatic rings. The van der Waals surface area contributed by atoms with Crippen molar-refractivity contribution in [3.8, 4) is 0 Å². The zero-order valence-electron chi connectivity index (χ0n) is 12.2. The molecule has 0 fully saturated rings. The molecule has 1 unspecified atom stereocenters. The Balaban J connectivity index is 2.76. The number of methoxy groups -OCH3 is 1. The average Bonchev–Trinajstić information content (AvgIpc) is 2.32. The molecule has 0 aliphatic carbocycles. The molecule has 0 N–H and O–H groups in total. The molecule has 0 saturated heterocycles. The molecule has 96 valence electrons. The van der Waals surface area contributed by atoms with E-state index in [-0.39, 0.29) is 5.60 Å². The van der Waals surface area contributed by atoms with Crippen molar-refractivity contribution in [2.45, 2.75) is 59.5 Å². The summed E-state index contributed by atoms with van der Waals surface area (Å²) in [5.41, 5.74) is 5.67. The van der Waals surface area contributed by atoms with Crippen molar-refractivity contribution in [3.05, 3.63) is 34.4 Å². The second-order valence-electron chi connectivity index (χ2n) is 5.36. The molecule has 1 nitrogen and oxygen atoms in total. The molecule has 0 heterocycles. The smallest absolute Gasteiger partial charge is 0.0651 e. The molecule has 1 rings (SSSR count). The van der Waals surface area contributed by atoms with E-state index in [4.69, 9.17) is 4.74 Å². The molecule has 1 atom stereocenters. The predicted molar refractivity (Wildman–Crippen MR) is 74.7 cm³/mol. The van der Waals surface area contributed by atoms with Gasteiger partial charge in [-0.1, -0.05) is 19.1 Å². The van der Waals surface area contributed by atoms with Crippen LogP contribution in [-0.4, -0.2) is 12.7 Å². The molecule has 0 radical (unpaired) electrons. The van der Waals surface area contributed by atoms with E-state index < -0.39 is 0 Å². The highest BCUT2D eigenvalue weighted by Crippen LogP contribution is 2.23. The molecule has 0 spiro atoms. The van der Waals surface area contributed by atoms with Gasteiger partial charge < -0.3 is 4.74 Å². The first-order valence-corrected chi connectivity index (χ1v) is 6.53. The maximum absolute atomic E-state index is 5.59. The Labute approximate surface area is 106 Å². The van der Waals surface area contributed by atoms with Crippen LogP contribution in [0.25, 0.3) is 0 Å². The zero-order valence-corrected chi connectivity index (χ0v) is 12.2. The number of rotatable bonds is 5. The summed E-state index contributed by atoms with van der Waals surface area (Å²) < 4.78 is 5.59. The van der Waals surface area contributed by atoms with E-state index in [9.17, 15) is 0 Å². The van der Waals surface area contributed by atoms with E-state index in [1.54, 1.807) is 0 Å². The maximum atomic E-state index is 5.59. The number of ether oxygens (including phenoxy) is 1. The molecule has 0 aliphatic rings. The SMILES string of the molecule is CCC(C)(CCc1cc(C)c(C)c(C)c1)OC. The van der Waals surface area contributed by atoms with E-state index in [2.05, 4.69) is 46.8 Å². The van der Waals surface area contributed by atoms with E-state index in [0.717, 1.165) is 19.3 Å². The molecule has 1 heteroatoms. The molecule has 0 bridgehead atoms. The standard InChI is InChI=1S/C16H26O/c1-7-16(5,17-6)9-8-15-10-12(2)14(4)13(3)11-15/h10-11H,7-9H2,1-6H3. The summed E-state index contributed by atoms with van der Waals surface area (Å²) in [5, 5.41) is 0. The van der Waals surface area contributed by atoms with Gasteiger partial charge in [0.05, 0.1) is 5.60 Å². The van der Waals surface area contributed by atoms with Crippen LogP contribution in [0.3, 0.4) is 0 Å². The van der Waals surface area contributed by atoms with Gasteiger partial charge in [-0.25, -0.2) is 0 Å². The Kier molecular flexibility index (Phi) is 4.76. The Morgan fingerprint density at radius 1 is 1.12 bits per heavy atom. The molecule has 0 saturated carbocycles.